The molecule has 0 aliphatic carbocycles. The number of amides is 1. The predicted octanol–water partition coefficient (Wildman–Crippen LogP) is 4.18. The highest BCUT2D eigenvalue weighted by molar-refractivity contribution is 9.10. The first-order valence-corrected chi connectivity index (χ1v) is 8.03. The number of carbonyl (C=O) groups excluding carboxylic acids is 1. The van der Waals surface area contributed by atoms with Gasteiger partial charge in [0.05, 0.1) is 6.21 Å². The summed E-state index contributed by atoms with van der Waals surface area (Å²) in [7, 11) is 0. The van der Waals surface area contributed by atoms with E-state index in [1.54, 1.807) is 30.5 Å². The molecule has 0 saturated carbocycles. The number of rotatable bonds is 4. The molecule has 0 saturated heterocycles. The van der Waals surface area contributed by atoms with Gasteiger partial charge in [-0.3, -0.25) is 9.78 Å². The molecule has 0 spiro atoms. The lowest BCUT2D eigenvalue weighted by molar-refractivity contribution is 0.0950. The van der Waals surface area contributed by atoms with Crippen LogP contribution in [0.25, 0.3) is 11.3 Å². The smallest absolute Gasteiger partial charge is 0.289 e. The summed E-state index contributed by atoms with van der Waals surface area (Å²) in [6, 6.07) is 14.8. The standard InChI is InChI=1S/C18H14BrN3O2/c1-12-5-7-14(15(19)10-12)17-8-6-13(24-17)11-21-22-18(23)16-4-2-3-9-20-16/h2-11H,1H3,(H,22,23)/b21-11-. The number of benzene rings is 1. The Balaban J connectivity index is 1.69. The Morgan fingerprint density at radius 3 is 2.88 bits per heavy atom. The van der Waals surface area contributed by atoms with Crippen molar-refractivity contribution < 1.29 is 9.21 Å². The highest BCUT2D eigenvalue weighted by Gasteiger charge is 2.08. The van der Waals surface area contributed by atoms with Crippen LogP contribution in [0, 0.1) is 6.92 Å². The monoisotopic (exact) mass is 383 g/mol. The van der Waals surface area contributed by atoms with E-state index in [-0.39, 0.29) is 5.91 Å². The quantitative estimate of drug-likeness (QED) is 0.542. The molecule has 2 aromatic heterocycles. The maximum Gasteiger partial charge on any atom is 0.289 e. The summed E-state index contributed by atoms with van der Waals surface area (Å²) in [5.74, 6) is 0.887. The molecule has 24 heavy (non-hydrogen) atoms. The molecule has 0 fully saturated rings. The normalized spacial score (nSPS) is 10.9. The van der Waals surface area contributed by atoms with Crippen molar-refractivity contribution in [2.75, 3.05) is 0 Å². The molecular weight excluding hydrogens is 370 g/mol. The van der Waals surface area contributed by atoms with Gasteiger partial charge in [-0.05, 0) is 48.9 Å². The van der Waals surface area contributed by atoms with Crippen LogP contribution in [0.3, 0.4) is 0 Å². The zero-order chi connectivity index (χ0) is 16.9. The average Bonchev–Trinajstić information content (AvgIpc) is 3.04. The van der Waals surface area contributed by atoms with E-state index in [0.29, 0.717) is 11.5 Å². The molecule has 1 N–H and O–H groups in total. The number of hydrogen-bond donors (Lipinski definition) is 1. The fourth-order valence-electron chi connectivity index (χ4n) is 2.10. The molecule has 3 aromatic rings. The summed E-state index contributed by atoms with van der Waals surface area (Å²) < 4.78 is 6.69. The van der Waals surface area contributed by atoms with E-state index in [2.05, 4.69) is 31.4 Å². The Bertz CT molecular complexity index is 888. The van der Waals surface area contributed by atoms with Gasteiger partial charge in [-0.15, -0.1) is 0 Å². The number of halogens is 1. The summed E-state index contributed by atoms with van der Waals surface area (Å²) in [6.07, 6.45) is 3.00. The van der Waals surface area contributed by atoms with Crippen molar-refractivity contribution in [2.24, 2.45) is 5.10 Å². The van der Waals surface area contributed by atoms with Crippen LogP contribution in [-0.2, 0) is 0 Å². The van der Waals surface area contributed by atoms with Crippen molar-refractivity contribution in [3.63, 3.8) is 0 Å². The van der Waals surface area contributed by atoms with Crippen LogP contribution in [0.4, 0.5) is 0 Å². The van der Waals surface area contributed by atoms with E-state index in [1.165, 1.54) is 6.21 Å². The van der Waals surface area contributed by atoms with Gasteiger partial charge < -0.3 is 4.42 Å². The van der Waals surface area contributed by atoms with Gasteiger partial charge in [0.2, 0.25) is 0 Å². The summed E-state index contributed by atoms with van der Waals surface area (Å²) in [4.78, 5) is 15.8. The molecule has 0 aliphatic rings. The van der Waals surface area contributed by atoms with E-state index < -0.39 is 0 Å². The first kappa shape index (κ1) is 16.1. The van der Waals surface area contributed by atoms with Crippen LogP contribution < -0.4 is 5.43 Å². The zero-order valence-electron chi connectivity index (χ0n) is 12.9. The van der Waals surface area contributed by atoms with Crippen LogP contribution in [0.5, 0.6) is 0 Å². The SMILES string of the molecule is Cc1ccc(-c2ccc(/C=N\NC(=O)c3ccccn3)o2)c(Br)c1. The minimum Gasteiger partial charge on any atom is -0.455 e. The molecule has 5 nitrogen and oxygen atoms in total. The molecule has 0 unspecified atom stereocenters. The number of nitrogens with one attached hydrogen (secondary N) is 1. The average molecular weight is 384 g/mol. The Labute approximate surface area is 147 Å². The third-order valence-electron chi connectivity index (χ3n) is 3.27. The summed E-state index contributed by atoms with van der Waals surface area (Å²) in [6.45, 7) is 2.03. The second kappa shape index (κ2) is 7.23. The lowest BCUT2D eigenvalue weighted by atomic mass is 10.1. The Hall–Kier alpha value is -2.73. The van der Waals surface area contributed by atoms with Crippen molar-refractivity contribution in [1.29, 1.82) is 0 Å². The number of aromatic nitrogens is 1. The Morgan fingerprint density at radius 2 is 2.12 bits per heavy atom. The van der Waals surface area contributed by atoms with Crippen LogP contribution >= 0.6 is 15.9 Å². The predicted molar refractivity (Wildman–Crippen MR) is 95.9 cm³/mol. The van der Waals surface area contributed by atoms with E-state index in [1.807, 2.05) is 31.2 Å². The number of carbonyl (C=O) groups is 1. The molecule has 120 valence electrons. The molecule has 2 heterocycles. The van der Waals surface area contributed by atoms with Crippen molar-refractivity contribution in [1.82, 2.24) is 10.4 Å². The largest absolute Gasteiger partial charge is 0.455 e. The number of hydrazone groups is 1. The van der Waals surface area contributed by atoms with Crippen molar-refractivity contribution in [3.05, 3.63) is 76.2 Å². The van der Waals surface area contributed by atoms with Gasteiger partial charge >= 0.3 is 0 Å². The molecule has 1 amide bonds. The second-order valence-corrected chi connectivity index (χ2v) is 5.95. The number of pyridine rings is 1. The highest BCUT2D eigenvalue weighted by atomic mass is 79.9. The first-order valence-electron chi connectivity index (χ1n) is 7.24. The lowest BCUT2D eigenvalue weighted by Crippen LogP contribution is -2.18. The maximum atomic E-state index is 11.8. The molecule has 0 radical (unpaired) electrons. The summed E-state index contributed by atoms with van der Waals surface area (Å²) in [5.41, 5.74) is 4.84. The van der Waals surface area contributed by atoms with Crippen molar-refractivity contribution >= 4 is 28.1 Å². The third kappa shape index (κ3) is 3.78. The minimum atomic E-state index is -0.375. The first-order chi connectivity index (χ1) is 11.6. The molecular formula is C18H14BrN3O2. The summed E-state index contributed by atoms with van der Waals surface area (Å²) in [5, 5.41) is 3.89. The molecule has 0 bridgehead atoms. The lowest BCUT2D eigenvalue weighted by Gasteiger charge is -2.02. The number of hydrogen-bond acceptors (Lipinski definition) is 4. The van der Waals surface area contributed by atoms with Gasteiger partial charge in [0.1, 0.15) is 17.2 Å². The Kier molecular flexibility index (Phi) is 4.86. The Morgan fingerprint density at radius 1 is 1.25 bits per heavy atom. The maximum absolute atomic E-state index is 11.8. The molecule has 6 heteroatoms. The molecule has 0 aliphatic heterocycles. The fraction of sp³-hybridized carbons (Fsp3) is 0.0556. The third-order valence-corrected chi connectivity index (χ3v) is 3.93. The van der Waals surface area contributed by atoms with Crippen LogP contribution in [-0.4, -0.2) is 17.1 Å². The second-order valence-electron chi connectivity index (χ2n) is 5.10. The van der Waals surface area contributed by atoms with Gasteiger partial charge in [-0.1, -0.05) is 28.1 Å². The molecule has 3 rings (SSSR count). The van der Waals surface area contributed by atoms with Gasteiger partial charge in [0, 0.05) is 16.2 Å². The number of aryl methyl sites for hydroxylation is 1. The fourth-order valence-corrected chi connectivity index (χ4v) is 2.78. The molecule has 0 atom stereocenters. The number of nitrogens with zero attached hydrogens (tertiary/aromatic N) is 2. The highest BCUT2D eigenvalue weighted by Crippen LogP contribution is 2.30. The summed E-state index contributed by atoms with van der Waals surface area (Å²) >= 11 is 3.53. The minimum absolute atomic E-state index is 0.304. The topological polar surface area (TPSA) is 67.5 Å². The van der Waals surface area contributed by atoms with E-state index >= 15 is 0 Å². The van der Waals surface area contributed by atoms with Crippen LogP contribution in [0.2, 0.25) is 0 Å². The van der Waals surface area contributed by atoms with Gasteiger partial charge in [0.15, 0.2) is 0 Å². The van der Waals surface area contributed by atoms with Crippen LogP contribution in [0.15, 0.2) is 68.7 Å². The van der Waals surface area contributed by atoms with Gasteiger partial charge in [0.25, 0.3) is 5.91 Å². The van der Waals surface area contributed by atoms with Gasteiger partial charge in [-0.2, -0.15) is 5.10 Å². The van der Waals surface area contributed by atoms with E-state index in [9.17, 15) is 4.79 Å². The van der Waals surface area contributed by atoms with Crippen LogP contribution in [0.1, 0.15) is 21.8 Å². The zero-order valence-corrected chi connectivity index (χ0v) is 14.4. The van der Waals surface area contributed by atoms with E-state index in [0.717, 1.165) is 21.4 Å². The van der Waals surface area contributed by atoms with Crippen molar-refractivity contribution in [2.45, 2.75) is 6.92 Å². The van der Waals surface area contributed by atoms with Gasteiger partial charge in [-0.25, -0.2) is 5.43 Å². The van der Waals surface area contributed by atoms with E-state index in [4.69, 9.17) is 4.42 Å². The van der Waals surface area contributed by atoms with Crippen molar-refractivity contribution in [3.8, 4) is 11.3 Å². The molecule has 1 aromatic carbocycles. The number of furan rings is 1.